The summed E-state index contributed by atoms with van der Waals surface area (Å²) in [5.41, 5.74) is 14.1. The van der Waals surface area contributed by atoms with E-state index in [-0.39, 0.29) is 0 Å². The molecule has 0 saturated heterocycles. The smallest absolute Gasteiger partial charge is 0.238 e. The zero-order chi connectivity index (χ0) is 41.0. The number of para-hydroxylation sites is 3. The van der Waals surface area contributed by atoms with Gasteiger partial charge in [0.25, 0.3) is 0 Å². The second-order valence-corrected chi connectivity index (χ2v) is 15.6. The van der Waals surface area contributed by atoms with Crippen molar-refractivity contribution in [2.24, 2.45) is 0 Å². The summed E-state index contributed by atoms with van der Waals surface area (Å²) in [5, 5.41) is 4.57. The third kappa shape index (κ3) is 5.82. The van der Waals surface area contributed by atoms with Crippen molar-refractivity contribution < 1.29 is 0 Å². The summed E-state index contributed by atoms with van der Waals surface area (Å²) in [4.78, 5) is 16.0. The molecule has 290 valence electrons. The Balaban J connectivity index is 1.23. The predicted molar refractivity (Wildman–Crippen MR) is 256 cm³/mol. The summed E-state index contributed by atoms with van der Waals surface area (Å²) in [7, 11) is 0. The molecule has 0 aliphatic rings. The van der Waals surface area contributed by atoms with Gasteiger partial charge in [0.1, 0.15) is 0 Å². The van der Waals surface area contributed by atoms with E-state index in [1.807, 2.05) is 24.3 Å². The zero-order valence-electron chi connectivity index (χ0n) is 33.6. The molecular weight excluding hydrogens is 755 g/mol. The number of hydrogen-bond donors (Lipinski definition) is 0. The van der Waals surface area contributed by atoms with Crippen molar-refractivity contribution in [3.63, 3.8) is 0 Å². The highest BCUT2D eigenvalue weighted by atomic mass is 15.2. The zero-order valence-corrected chi connectivity index (χ0v) is 33.6. The van der Waals surface area contributed by atoms with E-state index in [4.69, 9.17) is 15.0 Å². The highest BCUT2D eigenvalue weighted by Gasteiger charge is 2.26. The first-order chi connectivity index (χ1) is 30.8. The fourth-order valence-corrected chi connectivity index (χ4v) is 9.18. The van der Waals surface area contributed by atoms with Crippen molar-refractivity contribution in [3.8, 4) is 67.8 Å². The van der Waals surface area contributed by atoms with Gasteiger partial charge in [0.15, 0.2) is 11.6 Å². The van der Waals surface area contributed by atoms with Gasteiger partial charge in [-0.3, -0.25) is 4.57 Å². The summed E-state index contributed by atoms with van der Waals surface area (Å²) in [6.45, 7) is 0. The van der Waals surface area contributed by atoms with Crippen LogP contribution in [-0.4, -0.2) is 24.1 Å². The molecule has 0 atom stereocenters. The normalized spacial score (nSPS) is 11.5. The predicted octanol–water partition coefficient (Wildman–Crippen LogP) is 14.4. The van der Waals surface area contributed by atoms with Gasteiger partial charge >= 0.3 is 0 Å². The molecule has 5 heteroatoms. The van der Waals surface area contributed by atoms with Gasteiger partial charge in [-0.25, -0.2) is 4.98 Å². The van der Waals surface area contributed by atoms with Crippen LogP contribution in [0.15, 0.2) is 224 Å². The third-order valence-corrected chi connectivity index (χ3v) is 12.0. The first kappa shape index (κ1) is 35.5. The first-order valence-electron chi connectivity index (χ1n) is 21.0. The second kappa shape index (κ2) is 14.7. The number of benzene rings is 9. The monoisotopic (exact) mass is 791 g/mol. The quantitative estimate of drug-likeness (QED) is 0.162. The Bertz CT molecular complexity index is 3590. The van der Waals surface area contributed by atoms with E-state index in [0.717, 1.165) is 77.5 Å². The number of hydrogen-bond acceptors (Lipinski definition) is 3. The number of nitrogens with zero attached hydrogens (tertiary/aromatic N) is 5. The molecule has 0 amide bonds. The van der Waals surface area contributed by atoms with Crippen LogP contribution in [0.25, 0.3) is 111 Å². The van der Waals surface area contributed by atoms with Crippen LogP contribution in [0.2, 0.25) is 0 Å². The van der Waals surface area contributed by atoms with Crippen LogP contribution in [0.4, 0.5) is 0 Å². The maximum absolute atomic E-state index is 5.41. The average molecular weight is 792 g/mol. The van der Waals surface area contributed by atoms with E-state index >= 15 is 0 Å². The summed E-state index contributed by atoms with van der Waals surface area (Å²) < 4.78 is 4.75. The molecule has 0 bridgehead atoms. The van der Waals surface area contributed by atoms with Gasteiger partial charge in [0.2, 0.25) is 5.95 Å². The molecule has 0 radical (unpaired) electrons. The summed E-state index contributed by atoms with van der Waals surface area (Å²) >= 11 is 0. The fraction of sp³-hybridized carbons (Fsp3) is 0. The molecule has 62 heavy (non-hydrogen) atoms. The summed E-state index contributed by atoms with van der Waals surface area (Å²) in [6, 6.07) is 79.2. The maximum Gasteiger partial charge on any atom is 0.238 e. The van der Waals surface area contributed by atoms with Gasteiger partial charge in [-0.2, -0.15) is 9.97 Å². The molecule has 0 N–H and O–H groups in total. The van der Waals surface area contributed by atoms with Crippen LogP contribution >= 0.6 is 0 Å². The lowest BCUT2D eigenvalue weighted by molar-refractivity contribution is 0.953. The van der Waals surface area contributed by atoms with E-state index in [9.17, 15) is 0 Å². The number of aromatic nitrogens is 5. The molecular formula is C57H37N5. The van der Waals surface area contributed by atoms with Crippen molar-refractivity contribution in [1.82, 2.24) is 24.1 Å². The minimum Gasteiger partial charge on any atom is -0.307 e. The first-order valence-corrected chi connectivity index (χ1v) is 21.0. The van der Waals surface area contributed by atoms with Crippen LogP contribution in [-0.2, 0) is 0 Å². The van der Waals surface area contributed by atoms with Crippen molar-refractivity contribution in [2.45, 2.75) is 0 Å². The molecule has 0 fully saturated rings. The van der Waals surface area contributed by atoms with Crippen LogP contribution in [0.3, 0.4) is 0 Å². The molecule has 5 nitrogen and oxygen atoms in total. The lowest BCUT2D eigenvalue weighted by Gasteiger charge is -2.17. The van der Waals surface area contributed by atoms with Crippen molar-refractivity contribution in [2.75, 3.05) is 0 Å². The second-order valence-electron chi connectivity index (χ2n) is 15.6. The van der Waals surface area contributed by atoms with Crippen molar-refractivity contribution in [1.29, 1.82) is 0 Å². The van der Waals surface area contributed by atoms with E-state index in [0.29, 0.717) is 17.6 Å². The molecule has 3 aromatic heterocycles. The van der Waals surface area contributed by atoms with E-state index in [1.54, 1.807) is 0 Å². The third-order valence-electron chi connectivity index (χ3n) is 12.0. The highest BCUT2D eigenvalue weighted by Crippen LogP contribution is 2.47. The SMILES string of the molecule is c1ccc(-c2ccc(-c3nc(-c4ccccc4)nc(-n4c5ccccc5c5cc(-c6ccccc6)c6c7ccccc7n(-c7ccccc7-c7ccccc7)c6c54)n3)cc2)cc1. The number of fused-ring (bicyclic) bond motifs is 7. The fourth-order valence-electron chi connectivity index (χ4n) is 9.18. The Labute approximate surface area is 358 Å². The molecule has 0 aliphatic carbocycles. The van der Waals surface area contributed by atoms with Gasteiger partial charge < -0.3 is 4.57 Å². The van der Waals surface area contributed by atoms with Crippen LogP contribution in [0.5, 0.6) is 0 Å². The largest absolute Gasteiger partial charge is 0.307 e. The van der Waals surface area contributed by atoms with Crippen molar-refractivity contribution in [3.05, 3.63) is 224 Å². The Hall–Kier alpha value is -8.41. The molecule has 0 saturated carbocycles. The molecule has 9 aromatic carbocycles. The Kier molecular flexibility index (Phi) is 8.42. The van der Waals surface area contributed by atoms with Crippen LogP contribution < -0.4 is 0 Å². The molecule has 12 rings (SSSR count). The topological polar surface area (TPSA) is 48.5 Å². The summed E-state index contributed by atoms with van der Waals surface area (Å²) in [6.07, 6.45) is 0. The van der Waals surface area contributed by atoms with Gasteiger partial charge in [0, 0.05) is 38.2 Å². The van der Waals surface area contributed by atoms with Gasteiger partial charge in [-0.1, -0.05) is 200 Å². The minimum absolute atomic E-state index is 0.550. The Morgan fingerprint density at radius 2 is 0.742 bits per heavy atom. The standard InChI is InChI=1S/C57H37N5/c1-5-19-38(20-6-1)39-33-35-43(36-34-39)56-58-55(42-25-11-4-12-26-42)59-57(60-56)62-50-31-17-14-28-45(50)48-37-47(41-23-9-3-10-24-41)52-46-29-15-18-32-51(46)61(54(52)53(48)62)49-30-16-13-27-44(49)40-21-7-2-8-22-40/h1-37H. The Morgan fingerprint density at radius 3 is 1.39 bits per heavy atom. The summed E-state index contributed by atoms with van der Waals surface area (Å²) in [5.74, 6) is 1.76. The van der Waals surface area contributed by atoms with Gasteiger partial charge in [-0.15, -0.1) is 0 Å². The van der Waals surface area contributed by atoms with Gasteiger partial charge in [0.05, 0.1) is 27.8 Å². The lowest BCUT2D eigenvalue weighted by atomic mass is 9.96. The molecule has 0 spiro atoms. The van der Waals surface area contributed by atoms with Crippen LogP contribution in [0, 0.1) is 0 Å². The van der Waals surface area contributed by atoms with Crippen molar-refractivity contribution >= 4 is 43.6 Å². The van der Waals surface area contributed by atoms with Gasteiger partial charge in [-0.05, 0) is 52.1 Å². The lowest BCUT2D eigenvalue weighted by Crippen LogP contribution is -2.07. The maximum atomic E-state index is 5.41. The molecule has 0 unspecified atom stereocenters. The van der Waals surface area contributed by atoms with Crippen LogP contribution in [0.1, 0.15) is 0 Å². The molecule has 3 heterocycles. The average Bonchev–Trinajstić information content (AvgIpc) is 3.88. The highest BCUT2D eigenvalue weighted by molar-refractivity contribution is 6.28. The van der Waals surface area contributed by atoms with E-state index < -0.39 is 0 Å². The molecule has 0 aliphatic heterocycles. The molecule has 12 aromatic rings. The number of rotatable bonds is 7. The Morgan fingerprint density at radius 1 is 0.290 bits per heavy atom. The van der Waals surface area contributed by atoms with E-state index in [1.165, 1.54) is 16.3 Å². The van der Waals surface area contributed by atoms with E-state index in [2.05, 4.69) is 209 Å². The minimum atomic E-state index is 0.550.